The van der Waals surface area contributed by atoms with E-state index in [0.29, 0.717) is 3.53 Å². The molecule has 0 amide bonds. The van der Waals surface area contributed by atoms with Crippen molar-refractivity contribution in [3.63, 3.8) is 0 Å². The zero-order chi connectivity index (χ0) is 4.99. The highest BCUT2D eigenvalue weighted by Gasteiger charge is 1.82. The van der Waals surface area contributed by atoms with E-state index in [1.165, 1.54) is 20.6 Å². The molecule has 0 aliphatic carbocycles. The summed E-state index contributed by atoms with van der Waals surface area (Å²) in [6.45, 7) is 0. The fraction of sp³-hybridized carbons (Fsp3) is 0. The largest absolute Gasteiger partial charge is 0.124 e. The first-order valence-electron chi connectivity index (χ1n) is 0.981. The maximum atomic E-state index is 4.55. The van der Waals surface area contributed by atoms with Gasteiger partial charge in [-0.1, -0.05) is 23.9 Å². The third-order valence-corrected chi connectivity index (χ3v) is 2.93. The lowest BCUT2D eigenvalue weighted by Gasteiger charge is -1.81. The Balaban J connectivity index is 2.83. The van der Waals surface area contributed by atoms with Crippen molar-refractivity contribution in [2.24, 2.45) is 0 Å². The number of thiocarbonyl (C=S) groups is 1. The van der Waals surface area contributed by atoms with Gasteiger partial charge >= 0.3 is 0 Å². The molecule has 0 nitrogen and oxygen atoms in total. The van der Waals surface area contributed by atoms with E-state index in [-0.39, 0.29) is 0 Å². The maximum absolute atomic E-state index is 4.55. The zero-order valence-electron chi connectivity index (χ0n) is 2.62. The summed E-state index contributed by atoms with van der Waals surface area (Å²) in [6.07, 6.45) is 0. The number of thiol groups is 2. The van der Waals surface area contributed by atoms with E-state index in [2.05, 4.69) is 36.5 Å². The van der Waals surface area contributed by atoms with Gasteiger partial charge in [-0.05, 0) is 20.6 Å². The summed E-state index contributed by atoms with van der Waals surface area (Å²) in [7, 11) is 2.67. The Morgan fingerprint density at radius 2 is 2.17 bits per heavy atom. The molecule has 0 aliphatic rings. The molecule has 0 aromatic rings. The molecule has 0 atom stereocenters. The average Bonchev–Trinajstić information content (AvgIpc) is 1.35. The first kappa shape index (κ1) is 7.49. The molecule has 0 fully saturated rings. The molecule has 0 unspecified atom stereocenters. The van der Waals surface area contributed by atoms with Gasteiger partial charge in [0.05, 0.1) is 0 Å². The van der Waals surface area contributed by atoms with Crippen LogP contribution in [0.15, 0.2) is 0 Å². The lowest BCUT2D eigenvalue weighted by Crippen LogP contribution is -1.56. The fourth-order valence-electron chi connectivity index (χ4n) is 0.0319. The quantitative estimate of drug-likeness (QED) is 0.356. The molecule has 0 aliphatic heterocycles. The van der Waals surface area contributed by atoms with Crippen molar-refractivity contribution in [3.8, 4) is 0 Å². The van der Waals surface area contributed by atoms with Gasteiger partial charge in [-0.2, -0.15) is 0 Å². The molecular formula is CH2S5. The molecule has 0 aromatic carbocycles. The van der Waals surface area contributed by atoms with Gasteiger partial charge in [0.1, 0.15) is 3.53 Å². The minimum absolute atomic E-state index is 0.620. The molecule has 0 N–H and O–H groups in total. The predicted octanol–water partition coefficient (Wildman–Crippen LogP) is 2.43. The highest BCUT2D eigenvalue weighted by atomic mass is 33.5. The topological polar surface area (TPSA) is 0 Å². The van der Waals surface area contributed by atoms with Crippen molar-refractivity contribution >= 4 is 60.7 Å². The Bertz CT molecular complexity index is 47.9. The van der Waals surface area contributed by atoms with Crippen LogP contribution in [-0.2, 0) is 0 Å². The van der Waals surface area contributed by atoms with Crippen LogP contribution >= 0.6 is 57.1 Å². The van der Waals surface area contributed by atoms with Gasteiger partial charge in [-0.25, -0.2) is 0 Å². The summed E-state index contributed by atoms with van der Waals surface area (Å²) in [4.78, 5) is 0. The second-order valence-electron chi connectivity index (χ2n) is 0.424. The summed E-state index contributed by atoms with van der Waals surface area (Å²) < 4.78 is 0.620. The first-order chi connectivity index (χ1) is 2.77. The summed E-state index contributed by atoms with van der Waals surface area (Å²) in [6, 6.07) is 0. The molecule has 0 rings (SSSR count). The molecule has 0 aromatic heterocycles. The van der Waals surface area contributed by atoms with Crippen LogP contribution in [0.25, 0.3) is 0 Å². The van der Waals surface area contributed by atoms with Crippen LogP contribution in [0.1, 0.15) is 0 Å². The Hall–Kier alpha value is 1.49. The first-order valence-corrected chi connectivity index (χ1v) is 5.04. The Kier molecular flexibility index (Phi) is 5.80. The summed E-state index contributed by atoms with van der Waals surface area (Å²) >= 11 is 12.2. The fourth-order valence-corrected chi connectivity index (χ4v) is 2.58. The lowest BCUT2D eigenvalue weighted by atomic mass is 11.9. The second kappa shape index (κ2) is 4.64. The van der Waals surface area contributed by atoms with E-state index in [1.807, 2.05) is 0 Å². The smallest absolute Gasteiger partial charge is 0.112 e. The zero-order valence-corrected chi connectivity index (χ0v) is 6.86. The van der Waals surface area contributed by atoms with Gasteiger partial charge in [0.25, 0.3) is 0 Å². The minimum Gasteiger partial charge on any atom is -0.124 e. The van der Waals surface area contributed by atoms with Gasteiger partial charge in [0.15, 0.2) is 0 Å². The van der Waals surface area contributed by atoms with Gasteiger partial charge in [0, 0.05) is 0 Å². The average molecular weight is 174 g/mol. The highest BCUT2D eigenvalue weighted by molar-refractivity contribution is 9.10. The number of hydrogen-bond acceptors (Lipinski definition) is 4. The van der Waals surface area contributed by atoms with Crippen molar-refractivity contribution in [1.82, 2.24) is 0 Å². The van der Waals surface area contributed by atoms with E-state index in [1.54, 1.807) is 0 Å². The SMILES string of the molecule is S=C(S)SSS. The van der Waals surface area contributed by atoms with Crippen molar-refractivity contribution < 1.29 is 0 Å². The van der Waals surface area contributed by atoms with Crippen LogP contribution in [-0.4, -0.2) is 3.53 Å². The van der Waals surface area contributed by atoms with Crippen LogP contribution in [0, 0.1) is 0 Å². The van der Waals surface area contributed by atoms with Crippen molar-refractivity contribution in [3.05, 3.63) is 0 Å². The standard InChI is InChI=1S/CH2S5/c2-1(3)5-6-4/h4H,(H,2,3). The molecule has 0 saturated heterocycles. The second-order valence-corrected chi connectivity index (χ2v) is 5.16. The predicted molar refractivity (Wildman–Crippen MR) is 45.8 cm³/mol. The maximum Gasteiger partial charge on any atom is 0.112 e. The highest BCUT2D eigenvalue weighted by Crippen LogP contribution is 2.27. The van der Waals surface area contributed by atoms with Crippen LogP contribution < -0.4 is 0 Å². The molecule has 0 spiro atoms. The molecule has 0 radical (unpaired) electrons. The van der Waals surface area contributed by atoms with Gasteiger partial charge in [-0.15, -0.1) is 12.6 Å². The molecule has 0 saturated carbocycles. The molecular weight excluding hydrogens is 172 g/mol. The third-order valence-electron chi connectivity index (χ3n) is 0.109. The summed E-state index contributed by atoms with van der Waals surface area (Å²) in [5.41, 5.74) is 0. The number of rotatable bonds is 1. The molecule has 0 heterocycles. The van der Waals surface area contributed by atoms with E-state index >= 15 is 0 Å². The summed E-state index contributed by atoms with van der Waals surface area (Å²) in [5.74, 6) is 0. The Morgan fingerprint density at radius 3 is 2.17 bits per heavy atom. The van der Waals surface area contributed by atoms with Crippen LogP contribution in [0.3, 0.4) is 0 Å². The molecule has 0 bridgehead atoms. The summed E-state index contributed by atoms with van der Waals surface area (Å²) in [5, 5.41) is 0. The molecule has 36 valence electrons. The van der Waals surface area contributed by atoms with Crippen molar-refractivity contribution in [1.29, 1.82) is 0 Å². The third kappa shape index (κ3) is 5.49. The van der Waals surface area contributed by atoms with E-state index < -0.39 is 0 Å². The van der Waals surface area contributed by atoms with E-state index in [0.717, 1.165) is 0 Å². The Labute approximate surface area is 60.5 Å². The van der Waals surface area contributed by atoms with Crippen LogP contribution in [0.4, 0.5) is 0 Å². The van der Waals surface area contributed by atoms with Crippen molar-refractivity contribution in [2.45, 2.75) is 0 Å². The van der Waals surface area contributed by atoms with Crippen LogP contribution in [0.5, 0.6) is 0 Å². The lowest BCUT2D eigenvalue weighted by molar-refractivity contribution is 4.23. The van der Waals surface area contributed by atoms with Crippen molar-refractivity contribution in [2.75, 3.05) is 0 Å². The molecule has 5 heteroatoms. The monoisotopic (exact) mass is 174 g/mol. The van der Waals surface area contributed by atoms with Gasteiger partial charge in [0.2, 0.25) is 0 Å². The van der Waals surface area contributed by atoms with Gasteiger partial charge in [-0.3, -0.25) is 0 Å². The number of hydrogen-bond donors (Lipinski definition) is 2. The van der Waals surface area contributed by atoms with E-state index in [4.69, 9.17) is 0 Å². The minimum atomic E-state index is 0.620. The van der Waals surface area contributed by atoms with E-state index in [9.17, 15) is 0 Å². The van der Waals surface area contributed by atoms with Gasteiger partial charge < -0.3 is 0 Å². The van der Waals surface area contributed by atoms with Crippen LogP contribution in [0.2, 0.25) is 0 Å². The molecule has 6 heavy (non-hydrogen) atoms. The Morgan fingerprint density at radius 1 is 1.67 bits per heavy atom. The normalized spacial score (nSPS) is 8.33.